The van der Waals surface area contributed by atoms with Crippen molar-refractivity contribution in [1.82, 2.24) is 15.3 Å². The van der Waals surface area contributed by atoms with Crippen molar-refractivity contribution in [3.8, 4) is 11.1 Å². The Balaban J connectivity index is 1.44. The number of hydrogen-bond acceptors (Lipinski definition) is 4. The Morgan fingerprint density at radius 2 is 1.36 bits per heavy atom. The first-order valence-corrected chi connectivity index (χ1v) is 13.5. The van der Waals surface area contributed by atoms with Gasteiger partial charge in [0.2, 0.25) is 0 Å². The predicted molar refractivity (Wildman–Crippen MR) is 157 cm³/mol. The zero-order valence-electron chi connectivity index (χ0n) is 22.4. The van der Waals surface area contributed by atoms with Crippen molar-refractivity contribution in [2.45, 2.75) is 32.4 Å². The van der Waals surface area contributed by atoms with Gasteiger partial charge in [0.1, 0.15) is 11.6 Å². The van der Waals surface area contributed by atoms with Crippen molar-refractivity contribution in [2.24, 2.45) is 0 Å². The van der Waals surface area contributed by atoms with E-state index in [4.69, 9.17) is 9.97 Å². The summed E-state index contributed by atoms with van der Waals surface area (Å²) in [7, 11) is 0. The molecule has 0 amide bonds. The Labute approximate surface area is 229 Å². The third-order valence-corrected chi connectivity index (χ3v) is 8.10. The largest absolute Gasteiger partial charge is 0.365 e. The van der Waals surface area contributed by atoms with E-state index in [1.807, 2.05) is 18.5 Å². The van der Waals surface area contributed by atoms with Crippen LogP contribution < -0.4 is 10.2 Å². The highest BCUT2D eigenvalue weighted by Gasteiger charge is 2.48. The van der Waals surface area contributed by atoms with E-state index in [-0.39, 0.29) is 6.17 Å². The highest BCUT2D eigenvalue weighted by molar-refractivity contribution is 5.85. The number of benzene rings is 3. The van der Waals surface area contributed by atoms with Crippen LogP contribution >= 0.6 is 0 Å². The fourth-order valence-corrected chi connectivity index (χ4v) is 6.71. The summed E-state index contributed by atoms with van der Waals surface area (Å²) >= 11 is 0. The third kappa shape index (κ3) is 3.45. The van der Waals surface area contributed by atoms with E-state index in [9.17, 15) is 0 Å². The molecule has 1 N–H and O–H groups in total. The molecule has 0 fully saturated rings. The number of aromatic nitrogens is 2. The van der Waals surface area contributed by atoms with Crippen molar-refractivity contribution in [3.05, 3.63) is 161 Å². The smallest absolute Gasteiger partial charge is 0.146 e. The average molecular weight is 507 g/mol. The Hall–Kier alpha value is -4.70. The highest BCUT2D eigenvalue weighted by Crippen LogP contribution is 2.55. The fourth-order valence-electron chi connectivity index (χ4n) is 6.71. The minimum absolute atomic E-state index is 0.113. The van der Waals surface area contributed by atoms with Crippen molar-refractivity contribution in [1.29, 1.82) is 0 Å². The summed E-state index contributed by atoms with van der Waals surface area (Å²) in [6.45, 7) is 6.52. The van der Waals surface area contributed by atoms with Crippen LogP contribution in [0.2, 0.25) is 0 Å². The molecule has 4 heteroatoms. The molecule has 1 unspecified atom stereocenters. The van der Waals surface area contributed by atoms with Crippen LogP contribution in [0.15, 0.2) is 116 Å². The standard InChI is InChI=1S/C35H30N4/c1-23-21-24(2)33(25(3)22-23)39-20-19-37-34(39)30-15-10-17-32(38-30)35(31-16-8-9-18-36-31)28-13-6-4-11-26(28)27-12-5-7-14-29(27)35/h4-22,34,37H,1-3H3. The average Bonchev–Trinajstić information content (AvgIpc) is 3.55. The van der Waals surface area contributed by atoms with Crippen LogP contribution in [0.3, 0.4) is 0 Å². The normalized spacial score (nSPS) is 16.6. The Morgan fingerprint density at radius 3 is 2.03 bits per heavy atom. The molecule has 3 heterocycles. The first kappa shape index (κ1) is 23.4. The van der Waals surface area contributed by atoms with Crippen molar-refractivity contribution < 1.29 is 0 Å². The second-order valence-electron chi connectivity index (χ2n) is 10.5. The molecule has 2 aromatic heterocycles. The van der Waals surface area contributed by atoms with Gasteiger partial charge in [-0.3, -0.25) is 9.97 Å². The van der Waals surface area contributed by atoms with Gasteiger partial charge >= 0.3 is 0 Å². The van der Waals surface area contributed by atoms with Gasteiger partial charge in [-0.15, -0.1) is 0 Å². The number of nitrogens with one attached hydrogen (secondary N) is 1. The van der Waals surface area contributed by atoms with Gasteiger partial charge in [0.25, 0.3) is 0 Å². The maximum atomic E-state index is 5.45. The molecule has 0 radical (unpaired) electrons. The molecule has 0 bridgehead atoms. The lowest BCUT2D eigenvalue weighted by molar-refractivity contribution is 0.624. The summed E-state index contributed by atoms with van der Waals surface area (Å²) in [5.74, 6) is 0. The number of rotatable bonds is 4. The first-order valence-electron chi connectivity index (χ1n) is 13.5. The Morgan fingerprint density at radius 1 is 0.718 bits per heavy atom. The van der Waals surface area contributed by atoms with E-state index in [2.05, 4.69) is 128 Å². The highest BCUT2D eigenvalue weighted by atomic mass is 15.3. The zero-order chi connectivity index (χ0) is 26.6. The molecule has 190 valence electrons. The van der Waals surface area contributed by atoms with Gasteiger partial charge in [0, 0.05) is 24.3 Å². The van der Waals surface area contributed by atoms with Crippen LogP contribution in [0.4, 0.5) is 5.69 Å². The molecule has 4 nitrogen and oxygen atoms in total. The van der Waals surface area contributed by atoms with Crippen molar-refractivity contribution in [2.75, 3.05) is 4.90 Å². The van der Waals surface area contributed by atoms with E-state index in [1.54, 1.807) is 0 Å². The lowest BCUT2D eigenvalue weighted by Crippen LogP contribution is -2.33. The summed E-state index contributed by atoms with van der Waals surface area (Å²) in [4.78, 5) is 12.7. The first-order chi connectivity index (χ1) is 19.1. The Bertz CT molecular complexity index is 1670. The second-order valence-corrected chi connectivity index (χ2v) is 10.5. The lowest BCUT2D eigenvalue weighted by Gasteiger charge is -2.33. The van der Waals surface area contributed by atoms with Gasteiger partial charge in [-0.25, -0.2) is 0 Å². The molecule has 1 aliphatic carbocycles. The third-order valence-electron chi connectivity index (χ3n) is 8.10. The van der Waals surface area contributed by atoms with Crippen LogP contribution in [0.5, 0.6) is 0 Å². The van der Waals surface area contributed by atoms with E-state index in [0.29, 0.717) is 0 Å². The van der Waals surface area contributed by atoms with E-state index in [0.717, 1.165) is 17.1 Å². The van der Waals surface area contributed by atoms with E-state index >= 15 is 0 Å². The topological polar surface area (TPSA) is 41.0 Å². The number of fused-ring (bicyclic) bond motifs is 3. The SMILES string of the molecule is Cc1cc(C)c(N2C=CNC2c2cccc(C3(c4ccccn4)c4ccccc4-c4ccccc43)n2)c(C)c1. The molecule has 5 aromatic rings. The molecule has 0 spiro atoms. The molecule has 1 atom stereocenters. The van der Waals surface area contributed by atoms with Crippen LogP contribution in [0, 0.1) is 20.8 Å². The van der Waals surface area contributed by atoms with Crippen LogP contribution in [-0.4, -0.2) is 9.97 Å². The van der Waals surface area contributed by atoms with Gasteiger partial charge in [-0.2, -0.15) is 0 Å². The van der Waals surface area contributed by atoms with Gasteiger partial charge in [0.15, 0.2) is 0 Å². The molecule has 2 aliphatic rings. The minimum atomic E-state index is -0.614. The number of anilines is 1. The van der Waals surface area contributed by atoms with E-state index < -0.39 is 5.41 Å². The molecular formula is C35H30N4. The zero-order valence-corrected chi connectivity index (χ0v) is 22.4. The Kier molecular flexibility index (Phi) is 5.38. The van der Waals surface area contributed by atoms with E-state index in [1.165, 1.54) is 44.6 Å². The molecule has 39 heavy (non-hydrogen) atoms. The predicted octanol–water partition coefficient (Wildman–Crippen LogP) is 7.34. The maximum absolute atomic E-state index is 5.45. The van der Waals surface area contributed by atoms with Gasteiger partial charge in [-0.1, -0.05) is 78.4 Å². The van der Waals surface area contributed by atoms with Crippen LogP contribution in [0.25, 0.3) is 11.1 Å². The molecule has 1 aliphatic heterocycles. The monoisotopic (exact) mass is 506 g/mol. The summed E-state index contributed by atoms with van der Waals surface area (Å²) in [6, 6.07) is 34.5. The van der Waals surface area contributed by atoms with Gasteiger partial charge in [0.05, 0.1) is 17.1 Å². The summed E-state index contributed by atoms with van der Waals surface area (Å²) in [5.41, 5.74) is 12.2. The lowest BCUT2D eigenvalue weighted by atomic mass is 9.72. The summed E-state index contributed by atoms with van der Waals surface area (Å²) in [5, 5.41) is 3.57. The summed E-state index contributed by atoms with van der Waals surface area (Å²) in [6.07, 6.45) is 5.92. The molecule has 0 saturated carbocycles. The summed E-state index contributed by atoms with van der Waals surface area (Å²) < 4.78 is 0. The number of hydrogen-bond donors (Lipinski definition) is 1. The van der Waals surface area contributed by atoms with Gasteiger partial charge < -0.3 is 10.2 Å². The molecular weight excluding hydrogens is 476 g/mol. The molecule has 7 rings (SSSR count). The number of pyridine rings is 2. The van der Waals surface area contributed by atoms with Crippen LogP contribution in [0.1, 0.15) is 51.1 Å². The number of nitrogens with zero attached hydrogens (tertiary/aromatic N) is 3. The van der Waals surface area contributed by atoms with Crippen molar-refractivity contribution in [3.63, 3.8) is 0 Å². The number of aryl methyl sites for hydroxylation is 3. The minimum Gasteiger partial charge on any atom is -0.365 e. The van der Waals surface area contributed by atoms with Crippen LogP contribution in [-0.2, 0) is 5.41 Å². The second kappa shape index (κ2) is 8.95. The molecule has 3 aromatic carbocycles. The van der Waals surface area contributed by atoms with Crippen molar-refractivity contribution >= 4 is 5.69 Å². The maximum Gasteiger partial charge on any atom is 0.146 e. The quantitative estimate of drug-likeness (QED) is 0.271. The van der Waals surface area contributed by atoms with Gasteiger partial charge in [-0.05, 0) is 78.4 Å². The fraction of sp³-hybridized carbons (Fsp3) is 0.143. The molecule has 0 saturated heterocycles.